The van der Waals surface area contributed by atoms with E-state index in [4.69, 9.17) is 4.74 Å². The molecule has 1 saturated heterocycles. The standard InChI is InChI=1S/C24H25F3N4O2/c1-29-22(4-3-5-23(29)32)30-14-11-19(12-15-30)31(20-16-28-13-10-21(20)33-2)18-8-6-17(7-9-18)24(25,26)27/h3-10,13,16,19H,11-12,14-15H2,1-2H3. The minimum Gasteiger partial charge on any atom is -0.494 e. The lowest BCUT2D eigenvalue weighted by Crippen LogP contribution is -2.44. The van der Waals surface area contributed by atoms with Crippen LogP contribution in [0.4, 0.5) is 30.4 Å². The molecule has 1 fully saturated rings. The van der Waals surface area contributed by atoms with Crippen LogP contribution in [0.2, 0.25) is 0 Å². The van der Waals surface area contributed by atoms with Crippen LogP contribution < -0.4 is 20.1 Å². The number of methoxy groups -OCH3 is 1. The Morgan fingerprint density at radius 3 is 2.39 bits per heavy atom. The second-order valence-electron chi connectivity index (χ2n) is 7.96. The van der Waals surface area contributed by atoms with Crippen molar-refractivity contribution in [2.75, 3.05) is 30.0 Å². The van der Waals surface area contributed by atoms with E-state index < -0.39 is 11.7 Å². The highest BCUT2D eigenvalue weighted by Crippen LogP contribution is 2.39. The molecule has 0 amide bonds. The number of ether oxygens (including phenoxy) is 1. The number of rotatable bonds is 5. The molecule has 0 radical (unpaired) electrons. The number of nitrogens with zero attached hydrogens (tertiary/aromatic N) is 4. The van der Waals surface area contributed by atoms with E-state index in [1.54, 1.807) is 43.3 Å². The third-order valence-corrected chi connectivity index (χ3v) is 6.03. The molecule has 2 aromatic heterocycles. The molecule has 0 atom stereocenters. The van der Waals surface area contributed by atoms with Gasteiger partial charge in [-0.25, -0.2) is 0 Å². The van der Waals surface area contributed by atoms with Crippen LogP contribution in [0, 0.1) is 0 Å². The third-order valence-electron chi connectivity index (χ3n) is 6.03. The van der Waals surface area contributed by atoms with Gasteiger partial charge in [0.05, 0.1) is 18.9 Å². The molecule has 1 aromatic carbocycles. The molecule has 174 valence electrons. The number of halogens is 3. The second kappa shape index (κ2) is 9.17. The SMILES string of the molecule is COc1ccncc1N(c1ccc(C(F)(F)F)cc1)C1CCN(c2cccc(=O)n2C)CC1. The quantitative estimate of drug-likeness (QED) is 0.559. The Labute approximate surface area is 189 Å². The van der Waals surface area contributed by atoms with Crippen LogP contribution in [0.5, 0.6) is 5.75 Å². The number of pyridine rings is 2. The van der Waals surface area contributed by atoms with Gasteiger partial charge < -0.3 is 14.5 Å². The van der Waals surface area contributed by atoms with E-state index in [2.05, 4.69) is 9.88 Å². The van der Waals surface area contributed by atoms with Crippen LogP contribution in [0.1, 0.15) is 18.4 Å². The summed E-state index contributed by atoms with van der Waals surface area (Å²) >= 11 is 0. The van der Waals surface area contributed by atoms with Gasteiger partial charge in [0.1, 0.15) is 17.3 Å². The average molecular weight is 458 g/mol. The van der Waals surface area contributed by atoms with Crippen molar-refractivity contribution in [2.24, 2.45) is 7.05 Å². The fraction of sp³-hybridized carbons (Fsp3) is 0.333. The Morgan fingerprint density at radius 2 is 1.76 bits per heavy atom. The fourth-order valence-corrected chi connectivity index (χ4v) is 4.31. The van der Waals surface area contributed by atoms with Crippen molar-refractivity contribution in [1.29, 1.82) is 0 Å². The van der Waals surface area contributed by atoms with Gasteiger partial charge in [-0.3, -0.25) is 14.3 Å². The van der Waals surface area contributed by atoms with Crippen LogP contribution in [0.15, 0.2) is 65.7 Å². The van der Waals surface area contributed by atoms with Gasteiger partial charge in [-0.15, -0.1) is 0 Å². The van der Waals surface area contributed by atoms with Gasteiger partial charge in [0.2, 0.25) is 0 Å². The van der Waals surface area contributed by atoms with Gasteiger partial charge in [0.15, 0.2) is 0 Å². The van der Waals surface area contributed by atoms with E-state index in [-0.39, 0.29) is 11.6 Å². The van der Waals surface area contributed by atoms with Crippen LogP contribution >= 0.6 is 0 Å². The molecule has 0 N–H and O–H groups in total. The molecule has 0 aliphatic carbocycles. The molecule has 1 aliphatic rings. The summed E-state index contributed by atoms with van der Waals surface area (Å²) in [7, 11) is 3.31. The lowest BCUT2D eigenvalue weighted by atomic mass is 10.0. The van der Waals surface area contributed by atoms with Gasteiger partial charge in [-0.1, -0.05) is 6.07 Å². The van der Waals surface area contributed by atoms with Gasteiger partial charge >= 0.3 is 6.18 Å². The zero-order valence-corrected chi connectivity index (χ0v) is 18.4. The van der Waals surface area contributed by atoms with Gasteiger partial charge in [0, 0.05) is 50.2 Å². The number of piperidine rings is 1. The van der Waals surface area contributed by atoms with E-state index in [0.717, 1.165) is 30.8 Å². The second-order valence-corrected chi connectivity index (χ2v) is 7.96. The normalized spacial score (nSPS) is 14.9. The summed E-state index contributed by atoms with van der Waals surface area (Å²) in [5.41, 5.74) is 0.579. The van der Waals surface area contributed by atoms with Crippen LogP contribution in [-0.2, 0) is 13.2 Å². The highest BCUT2D eigenvalue weighted by molar-refractivity contribution is 5.69. The van der Waals surface area contributed by atoms with Gasteiger partial charge in [-0.05, 0) is 43.2 Å². The Kier molecular flexibility index (Phi) is 6.31. The highest BCUT2D eigenvalue weighted by Gasteiger charge is 2.32. The van der Waals surface area contributed by atoms with Crippen molar-refractivity contribution >= 4 is 17.2 Å². The molecule has 3 aromatic rings. The number of hydrogen-bond donors (Lipinski definition) is 0. The van der Waals surface area contributed by atoms with Crippen molar-refractivity contribution in [3.8, 4) is 5.75 Å². The monoisotopic (exact) mass is 458 g/mol. The van der Waals surface area contributed by atoms with E-state index in [0.29, 0.717) is 30.2 Å². The molecule has 6 nitrogen and oxygen atoms in total. The molecule has 3 heterocycles. The van der Waals surface area contributed by atoms with Crippen molar-refractivity contribution in [2.45, 2.75) is 25.1 Å². The Morgan fingerprint density at radius 1 is 1.06 bits per heavy atom. The minimum atomic E-state index is -4.40. The summed E-state index contributed by atoms with van der Waals surface area (Å²) in [6.07, 6.45) is 0.367. The molecule has 0 saturated carbocycles. The largest absolute Gasteiger partial charge is 0.494 e. The molecule has 0 unspecified atom stereocenters. The molecule has 0 spiro atoms. The molecule has 9 heteroatoms. The Balaban J connectivity index is 1.65. The lowest BCUT2D eigenvalue weighted by Gasteiger charge is -2.41. The maximum atomic E-state index is 13.1. The summed E-state index contributed by atoms with van der Waals surface area (Å²) in [5.74, 6) is 1.44. The van der Waals surface area contributed by atoms with E-state index in [9.17, 15) is 18.0 Å². The van der Waals surface area contributed by atoms with E-state index >= 15 is 0 Å². The predicted octanol–water partition coefficient (Wildman–Crippen LogP) is 4.61. The summed E-state index contributed by atoms with van der Waals surface area (Å²) in [6, 6.07) is 12.1. The topological polar surface area (TPSA) is 50.6 Å². The van der Waals surface area contributed by atoms with E-state index in [1.165, 1.54) is 18.2 Å². The first kappa shape index (κ1) is 22.7. The first-order valence-corrected chi connectivity index (χ1v) is 10.6. The smallest absolute Gasteiger partial charge is 0.416 e. The molecular weight excluding hydrogens is 433 g/mol. The van der Waals surface area contributed by atoms with Crippen molar-refractivity contribution in [1.82, 2.24) is 9.55 Å². The molecule has 1 aliphatic heterocycles. The maximum Gasteiger partial charge on any atom is 0.416 e. The molecule has 0 bridgehead atoms. The maximum absolute atomic E-state index is 13.1. The Bertz CT molecular complexity index is 1150. The van der Waals surface area contributed by atoms with Crippen LogP contribution in [0.3, 0.4) is 0 Å². The summed E-state index contributed by atoms with van der Waals surface area (Å²) in [4.78, 5) is 20.4. The number of hydrogen-bond acceptors (Lipinski definition) is 5. The zero-order valence-electron chi connectivity index (χ0n) is 18.4. The predicted molar refractivity (Wildman–Crippen MR) is 121 cm³/mol. The molecule has 4 rings (SSSR count). The van der Waals surface area contributed by atoms with Crippen LogP contribution in [-0.4, -0.2) is 35.8 Å². The Hall–Kier alpha value is -3.49. The number of benzene rings is 1. The zero-order chi connectivity index (χ0) is 23.6. The lowest BCUT2D eigenvalue weighted by molar-refractivity contribution is -0.137. The molecular formula is C24H25F3N4O2. The summed E-state index contributed by atoms with van der Waals surface area (Å²) < 4.78 is 46.5. The van der Waals surface area contributed by atoms with Crippen molar-refractivity contribution in [3.63, 3.8) is 0 Å². The van der Waals surface area contributed by atoms with Gasteiger partial charge in [-0.2, -0.15) is 13.2 Å². The number of alkyl halides is 3. The van der Waals surface area contributed by atoms with Crippen molar-refractivity contribution in [3.05, 3.63) is 76.8 Å². The highest BCUT2D eigenvalue weighted by atomic mass is 19.4. The van der Waals surface area contributed by atoms with Crippen LogP contribution in [0.25, 0.3) is 0 Å². The first-order chi connectivity index (χ1) is 15.8. The summed E-state index contributed by atoms with van der Waals surface area (Å²) in [5, 5.41) is 0. The summed E-state index contributed by atoms with van der Waals surface area (Å²) in [6.45, 7) is 1.39. The fourth-order valence-electron chi connectivity index (χ4n) is 4.31. The minimum absolute atomic E-state index is 0.0110. The third kappa shape index (κ3) is 4.67. The van der Waals surface area contributed by atoms with E-state index in [1.807, 2.05) is 11.0 Å². The number of aromatic nitrogens is 2. The first-order valence-electron chi connectivity index (χ1n) is 10.6. The van der Waals surface area contributed by atoms with Crippen molar-refractivity contribution < 1.29 is 17.9 Å². The van der Waals surface area contributed by atoms with Gasteiger partial charge in [0.25, 0.3) is 5.56 Å². The average Bonchev–Trinajstić information content (AvgIpc) is 2.82. The molecule has 33 heavy (non-hydrogen) atoms. The number of anilines is 3.